The lowest BCUT2D eigenvalue weighted by Gasteiger charge is -2.28. The molecule has 0 saturated heterocycles. The van der Waals surface area contributed by atoms with E-state index in [1.54, 1.807) is 0 Å². The van der Waals surface area contributed by atoms with Crippen LogP contribution in [0.25, 0.3) is 0 Å². The minimum atomic E-state index is -3.89. The van der Waals surface area contributed by atoms with Gasteiger partial charge in [-0.05, 0) is 50.0 Å². The number of hydrogen-bond donors (Lipinski definition) is 1. The quantitative estimate of drug-likeness (QED) is 0.625. The highest BCUT2D eigenvalue weighted by atomic mass is 32.2. The zero-order valence-electron chi connectivity index (χ0n) is 13.8. The van der Waals surface area contributed by atoms with Gasteiger partial charge in [0.25, 0.3) is 5.69 Å². The van der Waals surface area contributed by atoms with Gasteiger partial charge in [0, 0.05) is 18.2 Å². The van der Waals surface area contributed by atoms with E-state index >= 15 is 0 Å². The minimum Gasteiger partial charge on any atom is -0.495 e. The highest BCUT2D eigenvalue weighted by Gasteiger charge is 2.43. The molecule has 0 unspecified atom stereocenters. The van der Waals surface area contributed by atoms with E-state index in [-0.39, 0.29) is 22.4 Å². The highest BCUT2D eigenvalue weighted by molar-refractivity contribution is 7.89. The van der Waals surface area contributed by atoms with Crippen LogP contribution >= 0.6 is 0 Å². The van der Waals surface area contributed by atoms with Gasteiger partial charge in [-0.15, -0.1) is 0 Å². The topological polar surface area (TPSA) is 98.5 Å². The summed E-state index contributed by atoms with van der Waals surface area (Å²) in [5.74, 6) is 1.75. The Morgan fingerprint density at radius 3 is 2.62 bits per heavy atom. The molecule has 132 valence electrons. The van der Waals surface area contributed by atoms with Gasteiger partial charge >= 0.3 is 0 Å². The summed E-state index contributed by atoms with van der Waals surface area (Å²) in [4.78, 5) is 10.1. The van der Waals surface area contributed by atoms with Gasteiger partial charge in [0.05, 0.1) is 12.0 Å². The number of nitrogens with zero attached hydrogens (tertiary/aromatic N) is 1. The molecule has 8 heteroatoms. The van der Waals surface area contributed by atoms with Crippen LogP contribution in [0.5, 0.6) is 5.75 Å². The fourth-order valence-electron chi connectivity index (χ4n) is 4.29. The fraction of sp³-hybridized carbons (Fsp3) is 0.625. The molecule has 2 aliphatic rings. The first-order chi connectivity index (χ1) is 11.3. The summed E-state index contributed by atoms with van der Waals surface area (Å²) in [6.45, 7) is 1.88. The van der Waals surface area contributed by atoms with Crippen molar-refractivity contribution in [2.45, 2.75) is 43.5 Å². The van der Waals surface area contributed by atoms with Gasteiger partial charge < -0.3 is 4.74 Å². The van der Waals surface area contributed by atoms with Gasteiger partial charge in [-0.3, -0.25) is 10.1 Å². The van der Waals surface area contributed by atoms with Crippen LogP contribution in [0.2, 0.25) is 0 Å². The van der Waals surface area contributed by atoms with Crippen molar-refractivity contribution in [3.05, 3.63) is 28.3 Å². The van der Waals surface area contributed by atoms with Crippen LogP contribution in [0.15, 0.2) is 23.1 Å². The second-order valence-electron chi connectivity index (χ2n) is 6.84. The predicted molar refractivity (Wildman–Crippen MR) is 88.4 cm³/mol. The van der Waals surface area contributed by atoms with Crippen LogP contribution < -0.4 is 9.46 Å². The molecular weight excluding hydrogens is 332 g/mol. The Kier molecular flexibility index (Phi) is 4.52. The SMILES string of the molecule is COc1ccc([N+](=O)[O-])cc1S(=O)(=O)N[C@@H](C)[C@H]1C[C@H]2CC[C@H]1C2. The molecule has 0 amide bonds. The largest absolute Gasteiger partial charge is 0.495 e. The average molecular weight is 354 g/mol. The molecule has 1 aromatic carbocycles. The summed E-state index contributed by atoms with van der Waals surface area (Å²) in [5.41, 5.74) is -0.274. The zero-order valence-corrected chi connectivity index (χ0v) is 14.6. The van der Waals surface area contributed by atoms with Crippen molar-refractivity contribution in [1.29, 1.82) is 0 Å². The molecule has 0 spiro atoms. The van der Waals surface area contributed by atoms with Crippen LogP contribution in [0.4, 0.5) is 5.69 Å². The van der Waals surface area contributed by atoms with E-state index in [1.807, 2.05) is 6.92 Å². The molecule has 1 aromatic rings. The Hall–Kier alpha value is -1.67. The molecular formula is C16H22N2O5S. The first kappa shape index (κ1) is 17.2. The molecule has 0 radical (unpaired) electrons. The summed E-state index contributed by atoms with van der Waals surface area (Å²) in [7, 11) is -2.55. The molecule has 4 atom stereocenters. The van der Waals surface area contributed by atoms with Gasteiger partial charge in [0.2, 0.25) is 10.0 Å². The van der Waals surface area contributed by atoms with Gasteiger partial charge in [-0.2, -0.15) is 0 Å². The molecule has 1 N–H and O–H groups in total. The van der Waals surface area contributed by atoms with Crippen LogP contribution in [-0.2, 0) is 10.0 Å². The Morgan fingerprint density at radius 2 is 2.08 bits per heavy atom. The molecule has 7 nitrogen and oxygen atoms in total. The smallest absolute Gasteiger partial charge is 0.271 e. The number of fused-ring (bicyclic) bond motifs is 2. The Balaban J connectivity index is 1.84. The second kappa shape index (κ2) is 6.33. The van der Waals surface area contributed by atoms with Crippen molar-refractivity contribution in [1.82, 2.24) is 4.72 Å². The van der Waals surface area contributed by atoms with Gasteiger partial charge in [0.15, 0.2) is 0 Å². The number of rotatable bonds is 6. The number of hydrogen-bond acceptors (Lipinski definition) is 5. The van der Waals surface area contributed by atoms with Crippen LogP contribution in [0, 0.1) is 27.9 Å². The number of nitro benzene ring substituents is 1. The summed E-state index contributed by atoms with van der Waals surface area (Å²) >= 11 is 0. The average Bonchev–Trinajstić information content (AvgIpc) is 3.16. The summed E-state index contributed by atoms with van der Waals surface area (Å²) in [6.07, 6.45) is 4.66. The van der Waals surface area contributed by atoms with E-state index in [9.17, 15) is 18.5 Å². The highest BCUT2D eigenvalue weighted by Crippen LogP contribution is 2.49. The van der Waals surface area contributed by atoms with E-state index < -0.39 is 14.9 Å². The Morgan fingerprint density at radius 1 is 1.33 bits per heavy atom. The lowest BCUT2D eigenvalue weighted by Crippen LogP contribution is -2.40. The molecule has 24 heavy (non-hydrogen) atoms. The van der Waals surface area contributed by atoms with Crippen LogP contribution in [0.1, 0.15) is 32.6 Å². The van der Waals surface area contributed by atoms with Crippen molar-refractivity contribution in [2.75, 3.05) is 7.11 Å². The number of methoxy groups -OCH3 is 1. The standard InChI is InChI=1S/C16H22N2O5S/c1-10(14-8-11-3-4-12(14)7-11)17-24(21,22)16-9-13(18(19)20)5-6-15(16)23-2/h5-6,9-12,14,17H,3-4,7-8H2,1-2H3/t10-,11-,12-,14+/m0/s1. The number of sulfonamides is 1. The van der Waals surface area contributed by atoms with Crippen molar-refractivity contribution < 1.29 is 18.1 Å². The van der Waals surface area contributed by atoms with E-state index in [1.165, 1.54) is 38.5 Å². The van der Waals surface area contributed by atoms with Crippen molar-refractivity contribution in [3.63, 3.8) is 0 Å². The molecule has 0 aliphatic heterocycles. The molecule has 0 heterocycles. The van der Waals surface area contributed by atoms with Crippen LogP contribution in [0.3, 0.4) is 0 Å². The third kappa shape index (κ3) is 3.12. The first-order valence-electron chi connectivity index (χ1n) is 8.16. The monoisotopic (exact) mass is 354 g/mol. The maximum absolute atomic E-state index is 12.7. The predicted octanol–water partition coefficient (Wildman–Crippen LogP) is 2.71. The molecule has 0 aromatic heterocycles. The Bertz CT molecular complexity index is 749. The van der Waals surface area contributed by atoms with E-state index in [0.29, 0.717) is 11.8 Å². The van der Waals surface area contributed by atoms with Gasteiger partial charge in [-0.1, -0.05) is 6.42 Å². The van der Waals surface area contributed by atoms with Gasteiger partial charge in [-0.25, -0.2) is 13.1 Å². The van der Waals surface area contributed by atoms with E-state index in [2.05, 4.69) is 4.72 Å². The van der Waals surface area contributed by atoms with Crippen LogP contribution in [-0.4, -0.2) is 26.5 Å². The zero-order chi connectivity index (χ0) is 17.5. The Labute approximate surface area is 141 Å². The maximum Gasteiger partial charge on any atom is 0.271 e. The molecule has 2 saturated carbocycles. The third-order valence-corrected chi connectivity index (χ3v) is 7.00. The summed E-state index contributed by atoms with van der Waals surface area (Å²) < 4.78 is 33.3. The number of ether oxygens (including phenoxy) is 1. The minimum absolute atomic E-state index is 0.105. The lowest BCUT2D eigenvalue weighted by molar-refractivity contribution is -0.385. The second-order valence-corrected chi connectivity index (χ2v) is 8.52. The normalized spacial score (nSPS) is 27.2. The van der Waals surface area contributed by atoms with Crippen molar-refractivity contribution in [2.24, 2.45) is 17.8 Å². The van der Waals surface area contributed by atoms with Gasteiger partial charge in [0.1, 0.15) is 10.6 Å². The van der Waals surface area contributed by atoms with E-state index in [4.69, 9.17) is 4.74 Å². The number of nitro groups is 1. The third-order valence-electron chi connectivity index (χ3n) is 5.42. The number of benzene rings is 1. The molecule has 2 fully saturated rings. The molecule has 3 rings (SSSR count). The summed E-state index contributed by atoms with van der Waals surface area (Å²) in [5, 5.41) is 10.9. The fourth-order valence-corrected chi connectivity index (χ4v) is 5.77. The number of non-ortho nitro benzene ring substituents is 1. The lowest BCUT2D eigenvalue weighted by atomic mass is 9.84. The number of nitrogens with one attached hydrogen (secondary N) is 1. The molecule has 2 aliphatic carbocycles. The van der Waals surface area contributed by atoms with Crippen molar-refractivity contribution >= 4 is 15.7 Å². The van der Waals surface area contributed by atoms with Crippen molar-refractivity contribution in [3.8, 4) is 5.75 Å². The molecule has 2 bridgehead atoms. The summed E-state index contributed by atoms with van der Waals surface area (Å²) in [6, 6.07) is 3.40. The van der Waals surface area contributed by atoms with E-state index in [0.717, 1.165) is 18.4 Å². The maximum atomic E-state index is 12.7. The first-order valence-corrected chi connectivity index (χ1v) is 9.65.